The first-order chi connectivity index (χ1) is 8.75. The van der Waals surface area contributed by atoms with Gasteiger partial charge in [-0.1, -0.05) is 0 Å². The molecule has 19 heavy (non-hydrogen) atoms. The molecule has 1 atom stereocenters. The van der Waals surface area contributed by atoms with Crippen LogP contribution < -0.4 is 10.2 Å². The van der Waals surface area contributed by atoms with E-state index < -0.39 is 17.8 Å². The number of halogens is 4. The Kier molecular flexibility index (Phi) is 5.31. The van der Waals surface area contributed by atoms with Gasteiger partial charge in [0, 0.05) is 20.6 Å². The van der Waals surface area contributed by atoms with Crippen molar-refractivity contribution in [1.82, 2.24) is 0 Å². The van der Waals surface area contributed by atoms with Crippen LogP contribution in [0.15, 0.2) is 18.2 Å². The molecule has 1 unspecified atom stereocenters. The molecule has 1 aromatic carbocycles. The van der Waals surface area contributed by atoms with E-state index in [0.717, 1.165) is 12.1 Å². The zero-order valence-electron chi connectivity index (χ0n) is 10.6. The SMILES string of the molecule is CN(C)c1ccc(C(F)(F)F)cc1NCC(O)CCl. The molecule has 0 aliphatic carbocycles. The van der Waals surface area contributed by atoms with Crippen LogP contribution in [0, 0.1) is 0 Å². The molecule has 3 nitrogen and oxygen atoms in total. The molecule has 0 aliphatic heterocycles. The van der Waals surface area contributed by atoms with E-state index in [0.29, 0.717) is 11.4 Å². The number of anilines is 2. The number of aliphatic hydroxyl groups excluding tert-OH is 1. The third-order valence-electron chi connectivity index (χ3n) is 2.51. The van der Waals surface area contributed by atoms with Crippen molar-refractivity contribution in [3.63, 3.8) is 0 Å². The van der Waals surface area contributed by atoms with Crippen molar-refractivity contribution in [2.75, 3.05) is 36.7 Å². The fourth-order valence-corrected chi connectivity index (χ4v) is 1.64. The van der Waals surface area contributed by atoms with E-state index in [4.69, 9.17) is 11.6 Å². The second-order valence-corrected chi connectivity index (χ2v) is 4.62. The van der Waals surface area contributed by atoms with Gasteiger partial charge in [-0.05, 0) is 18.2 Å². The largest absolute Gasteiger partial charge is 0.416 e. The molecule has 0 amide bonds. The van der Waals surface area contributed by atoms with Crippen molar-refractivity contribution in [3.05, 3.63) is 23.8 Å². The molecule has 2 N–H and O–H groups in total. The van der Waals surface area contributed by atoms with Crippen LogP contribution in [0.1, 0.15) is 5.56 Å². The topological polar surface area (TPSA) is 35.5 Å². The van der Waals surface area contributed by atoms with Gasteiger partial charge in [-0.3, -0.25) is 0 Å². The van der Waals surface area contributed by atoms with Gasteiger partial charge in [0.1, 0.15) is 0 Å². The molecule has 0 heterocycles. The first-order valence-corrected chi connectivity index (χ1v) is 6.15. The number of rotatable bonds is 5. The Morgan fingerprint density at radius 2 is 2.00 bits per heavy atom. The summed E-state index contributed by atoms with van der Waals surface area (Å²) in [4.78, 5) is 1.69. The van der Waals surface area contributed by atoms with Crippen molar-refractivity contribution in [2.45, 2.75) is 12.3 Å². The molecule has 0 spiro atoms. The van der Waals surface area contributed by atoms with Crippen molar-refractivity contribution >= 4 is 23.0 Å². The van der Waals surface area contributed by atoms with Gasteiger partial charge in [0.25, 0.3) is 0 Å². The molecule has 7 heteroatoms. The highest BCUT2D eigenvalue weighted by Gasteiger charge is 2.31. The monoisotopic (exact) mass is 296 g/mol. The maximum Gasteiger partial charge on any atom is 0.416 e. The molecule has 108 valence electrons. The molecule has 0 saturated heterocycles. The Hall–Kier alpha value is -1.14. The fraction of sp³-hybridized carbons (Fsp3) is 0.500. The lowest BCUT2D eigenvalue weighted by Gasteiger charge is -2.21. The number of nitrogens with one attached hydrogen (secondary N) is 1. The molecule has 1 rings (SSSR count). The highest BCUT2D eigenvalue weighted by molar-refractivity contribution is 6.18. The van der Waals surface area contributed by atoms with Gasteiger partial charge in [-0.25, -0.2) is 0 Å². The van der Waals surface area contributed by atoms with Crippen LogP contribution in [0.3, 0.4) is 0 Å². The molecular formula is C12H16ClF3N2O. The van der Waals surface area contributed by atoms with Gasteiger partial charge in [0.2, 0.25) is 0 Å². The summed E-state index contributed by atoms with van der Waals surface area (Å²) >= 11 is 5.44. The highest BCUT2D eigenvalue weighted by Crippen LogP contribution is 2.34. The third-order valence-corrected chi connectivity index (χ3v) is 2.87. The molecule has 0 aromatic heterocycles. The lowest BCUT2D eigenvalue weighted by Crippen LogP contribution is -2.22. The van der Waals surface area contributed by atoms with Crippen molar-refractivity contribution in [2.24, 2.45) is 0 Å². The van der Waals surface area contributed by atoms with E-state index in [9.17, 15) is 18.3 Å². The van der Waals surface area contributed by atoms with Crippen LogP contribution in [0.5, 0.6) is 0 Å². The number of benzene rings is 1. The predicted molar refractivity (Wildman–Crippen MR) is 71.0 cm³/mol. The average molecular weight is 297 g/mol. The number of hydrogen-bond donors (Lipinski definition) is 2. The molecule has 0 aliphatic rings. The first-order valence-electron chi connectivity index (χ1n) is 5.62. The molecular weight excluding hydrogens is 281 g/mol. The predicted octanol–water partition coefficient (Wildman–Crippen LogP) is 2.78. The minimum absolute atomic E-state index is 0.0171. The minimum atomic E-state index is -4.40. The van der Waals surface area contributed by atoms with Crippen LogP contribution in [0.2, 0.25) is 0 Å². The molecule has 0 radical (unpaired) electrons. The van der Waals surface area contributed by atoms with Gasteiger partial charge < -0.3 is 15.3 Å². The minimum Gasteiger partial charge on any atom is -0.390 e. The second kappa shape index (κ2) is 6.34. The summed E-state index contributed by atoms with van der Waals surface area (Å²) in [6.45, 7) is 0.0889. The fourth-order valence-electron chi connectivity index (χ4n) is 1.53. The van der Waals surface area contributed by atoms with Gasteiger partial charge in [0.15, 0.2) is 0 Å². The van der Waals surface area contributed by atoms with E-state index in [1.165, 1.54) is 6.07 Å². The lowest BCUT2D eigenvalue weighted by molar-refractivity contribution is -0.137. The summed E-state index contributed by atoms with van der Waals surface area (Å²) in [6.07, 6.45) is -5.21. The first kappa shape index (κ1) is 15.9. The molecule has 0 bridgehead atoms. The highest BCUT2D eigenvalue weighted by atomic mass is 35.5. The molecule has 1 aromatic rings. The van der Waals surface area contributed by atoms with Gasteiger partial charge >= 0.3 is 6.18 Å². The summed E-state index contributed by atoms with van der Waals surface area (Å²) < 4.78 is 38.0. The zero-order valence-corrected chi connectivity index (χ0v) is 11.4. The van der Waals surface area contributed by atoms with Crippen LogP contribution >= 0.6 is 11.6 Å². The Morgan fingerprint density at radius 3 is 2.47 bits per heavy atom. The Bertz CT molecular complexity index is 424. The van der Waals surface area contributed by atoms with Crippen molar-refractivity contribution in [1.29, 1.82) is 0 Å². The summed E-state index contributed by atoms with van der Waals surface area (Å²) in [7, 11) is 3.46. The van der Waals surface area contributed by atoms with Crippen LogP contribution in [0.25, 0.3) is 0 Å². The molecule has 0 saturated carbocycles. The summed E-state index contributed by atoms with van der Waals surface area (Å²) in [5.74, 6) is 0.0171. The maximum absolute atomic E-state index is 12.7. The standard InChI is InChI=1S/C12H16ClF3N2O/c1-18(2)11-4-3-8(12(14,15)16)5-10(11)17-7-9(19)6-13/h3-5,9,17,19H,6-7H2,1-2H3. The van der Waals surface area contributed by atoms with E-state index in [2.05, 4.69) is 5.32 Å². The lowest BCUT2D eigenvalue weighted by atomic mass is 10.1. The van der Waals surface area contributed by atoms with E-state index in [1.807, 2.05) is 0 Å². The molecule has 0 fully saturated rings. The van der Waals surface area contributed by atoms with Crippen molar-refractivity contribution < 1.29 is 18.3 Å². The van der Waals surface area contributed by atoms with Crippen LogP contribution in [-0.4, -0.2) is 37.7 Å². The van der Waals surface area contributed by atoms with Crippen LogP contribution in [0.4, 0.5) is 24.5 Å². The quantitative estimate of drug-likeness (QED) is 0.820. The Balaban J connectivity index is 3.02. The Labute approximate surface area is 115 Å². The van der Waals surface area contributed by atoms with Crippen molar-refractivity contribution in [3.8, 4) is 0 Å². The van der Waals surface area contributed by atoms with E-state index in [-0.39, 0.29) is 12.4 Å². The Morgan fingerprint density at radius 1 is 1.37 bits per heavy atom. The summed E-state index contributed by atoms with van der Waals surface area (Å²) in [5, 5.41) is 12.1. The normalized spacial score (nSPS) is 13.2. The van der Waals surface area contributed by atoms with Crippen LogP contribution in [-0.2, 0) is 6.18 Å². The summed E-state index contributed by atoms with van der Waals surface area (Å²) in [6, 6.07) is 3.44. The zero-order chi connectivity index (χ0) is 14.6. The number of nitrogens with zero attached hydrogens (tertiary/aromatic N) is 1. The number of aliphatic hydroxyl groups is 1. The third kappa shape index (κ3) is 4.47. The second-order valence-electron chi connectivity index (χ2n) is 4.31. The van der Waals surface area contributed by atoms with E-state index >= 15 is 0 Å². The smallest absolute Gasteiger partial charge is 0.390 e. The number of alkyl halides is 4. The maximum atomic E-state index is 12.7. The summed E-state index contributed by atoms with van der Waals surface area (Å²) in [5.41, 5.74) is 0.180. The average Bonchev–Trinajstić information content (AvgIpc) is 2.34. The van der Waals surface area contributed by atoms with Gasteiger partial charge in [0.05, 0.1) is 28.9 Å². The van der Waals surface area contributed by atoms with E-state index in [1.54, 1.807) is 19.0 Å². The van der Waals surface area contributed by atoms with Gasteiger partial charge in [-0.15, -0.1) is 11.6 Å². The van der Waals surface area contributed by atoms with Gasteiger partial charge in [-0.2, -0.15) is 13.2 Å². The number of hydrogen-bond acceptors (Lipinski definition) is 3.